The second-order valence-corrected chi connectivity index (χ2v) is 5.74. The first kappa shape index (κ1) is 16.0. The average Bonchev–Trinajstić information content (AvgIpc) is 2.95. The zero-order valence-corrected chi connectivity index (χ0v) is 14.2. The molecule has 0 fully saturated rings. The highest BCUT2D eigenvalue weighted by Gasteiger charge is 2.05. The Kier molecular flexibility index (Phi) is 6.26. The van der Waals surface area contributed by atoms with E-state index in [0.717, 1.165) is 42.0 Å². The first-order valence-corrected chi connectivity index (χ1v) is 8.14. The SMILES string of the molecule is CCCNCc1cc(OCc2cncn2CC)ccc1Br. The molecule has 1 heterocycles. The smallest absolute Gasteiger partial charge is 0.130 e. The predicted molar refractivity (Wildman–Crippen MR) is 88.4 cm³/mol. The first-order chi connectivity index (χ1) is 10.2. The Hall–Kier alpha value is -1.33. The molecule has 4 nitrogen and oxygen atoms in total. The molecule has 114 valence electrons. The first-order valence-electron chi connectivity index (χ1n) is 7.35. The number of hydrogen-bond donors (Lipinski definition) is 1. The van der Waals surface area contributed by atoms with E-state index in [-0.39, 0.29) is 0 Å². The number of aromatic nitrogens is 2. The Morgan fingerprint density at radius 1 is 1.33 bits per heavy atom. The van der Waals surface area contributed by atoms with Crippen molar-refractivity contribution in [1.82, 2.24) is 14.9 Å². The van der Waals surface area contributed by atoms with Crippen LogP contribution in [0.4, 0.5) is 0 Å². The highest BCUT2D eigenvalue weighted by atomic mass is 79.9. The van der Waals surface area contributed by atoms with Gasteiger partial charge in [0.05, 0.1) is 18.2 Å². The third kappa shape index (κ3) is 4.58. The third-order valence-corrected chi connectivity index (χ3v) is 4.06. The van der Waals surface area contributed by atoms with E-state index in [9.17, 15) is 0 Å². The molecule has 1 aromatic carbocycles. The monoisotopic (exact) mass is 351 g/mol. The van der Waals surface area contributed by atoms with Crippen molar-refractivity contribution in [3.63, 3.8) is 0 Å². The summed E-state index contributed by atoms with van der Waals surface area (Å²) in [5.74, 6) is 0.885. The van der Waals surface area contributed by atoms with Gasteiger partial charge >= 0.3 is 0 Å². The van der Waals surface area contributed by atoms with Crippen molar-refractivity contribution in [3.05, 3.63) is 46.5 Å². The Balaban J connectivity index is 1.98. The number of rotatable bonds is 8. The van der Waals surface area contributed by atoms with E-state index in [1.165, 1.54) is 5.56 Å². The highest BCUT2D eigenvalue weighted by molar-refractivity contribution is 9.10. The maximum atomic E-state index is 5.89. The van der Waals surface area contributed by atoms with Crippen molar-refractivity contribution >= 4 is 15.9 Å². The maximum Gasteiger partial charge on any atom is 0.130 e. The second kappa shape index (κ2) is 8.20. The van der Waals surface area contributed by atoms with E-state index in [0.29, 0.717) is 6.61 Å². The van der Waals surface area contributed by atoms with Crippen LogP contribution in [-0.2, 0) is 19.7 Å². The zero-order valence-electron chi connectivity index (χ0n) is 12.6. The number of aryl methyl sites for hydroxylation is 1. The normalized spacial score (nSPS) is 10.8. The molecule has 0 aliphatic carbocycles. The van der Waals surface area contributed by atoms with Crippen LogP contribution in [0, 0.1) is 0 Å². The van der Waals surface area contributed by atoms with Gasteiger partial charge in [0.25, 0.3) is 0 Å². The van der Waals surface area contributed by atoms with Crippen molar-refractivity contribution in [2.45, 2.75) is 40.0 Å². The largest absolute Gasteiger partial charge is 0.487 e. The fourth-order valence-electron chi connectivity index (χ4n) is 2.09. The van der Waals surface area contributed by atoms with E-state index in [2.05, 4.69) is 50.7 Å². The summed E-state index contributed by atoms with van der Waals surface area (Å²) in [7, 11) is 0. The molecule has 2 rings (SSSR count). The molecule has 0 radical (unpaired) electrons. The number of ether oxygens (including phenoxy) is 1. The summed E-state index contributed by atoms with van der Waals surface area (Å²) in [6.45, 7) is 7.58. The van der Waals surface area contributed by atoms with E-state index in [1.54, 1.807) is 0 Å². The summed E-state index contributed by atoms with van der Waals surface area (Å²) < 4.78 is 9.08. The van der Waals surface area contributed by atoms with Crippen LogP contribution in [0.25, 0.3) is 0 Å². The molecule has 0 atom stereocenters. The molecular formula is C16H22BrN3O. The van der Waals surface area contributed by atoms with Gasteiger partial charge in [-0.05, 0) is 43.7 Å². The lowest BCUT2D eigenvalue weighted by Gasteiger charge is -2.11. The van der Waals surface area contributed by atoms with Crippen molar-refractivity contribution in [1.29, 1.82) is 0 Å². The van der Waals surface area contributed by atoms with Crippen LogP contribution in [0.1, 0.15) is 31.5 Å². The minimum Gasteiger partial charge on any atom is -0.487 e. The molecule has 0 saturated heterocycles. The van der Waals surface area contributed by atoms with Crippen LogP contribution in [0.3, 0.4) is 0 Å². The summed E-state index contributed by atoms with van der Waals surface area (Å²) in [5.41, 5.74) is 2.30. The van der Waals surface area contributed by atoms with Gasteiger partial charge in [0.1, 0.15) is 12.4 Å². The van der Waals surface area contributed by atoms with Crippen LogP contribution in [0.15, 0.2) is 35.2 Å². The molecule has 0 amide bonds. The molecule has 0 saturated carbocycles. The molecule has 1 aromatic heterocycles. The number of halogens is 1. The van der Waals surface area contributed by atoms with Crippen LogP contribution in [0.2, 0.25) is 0 Å². The van der Waals surface area contributed by atoms with Crippen molar-refractivity contribution < 1.29 is 4.74 Å². The lowest BCUT2D eigenvalue weighted by molar-refractivity contribution is 0.295. The number of hydrogen-bond acceptors (Lipinski definition) is 3. The second-order valence-electron chi connectivity index (χ2n) is 4.89. The maximum absolute atomic E-state index is 5.89. The Bertz CT molecular complexity index is 568. The number of imidazole rings is 1. The Morgan fingerprint density at radius 2 is 2.19 bits per heavy atom. The van der Waals surface area contributed by atoms with Gasteiger partial charge < -0.3 is 14.6 Å². The minimum atomic E-state index is 0.539. The molecule has 21 heavy (non-hydrogen) atoms. The van der Waals surface area contributed by atoms with Crippen LogP contribution >= 0.6 is 15.9 Å². The Morgan fingerprint density at radius 3 is 2.95 bits per heavy atom. The van der Waals surface area contributed by atoms with Gasteiger partial charge in [-0.3, -0.25) is 0 Å². The quantitative estimate of drug-likeness (QED) is 0.736. The molecule has 0 aliphatic heterocycles. The minimum absolute atomic E-state index is 0.539. The molecule has 2 aromatic rings. The van der Waals surface area contributed by atoms with Gasteiger partial charge in [0.2, 0.25) is 0 Å². The van der Waals surface area contributed by atoms with Gasteiger partial charge in [-0.1, -0.05) is 22.9 Å². The van der Waals surface area contributed by atoms with Crippen LogP contribution in [0.5, 0.6) is 5.75 Å². The molecule has 0 bridgehead atoms. The van der Waals surface area contributed by atoms with Gasteiger partial charge in [0.15, 0.2) is 0 Å². The van der Waals surface area contributed by atoms with Gasteiger partial charge in [-0.25, -0.2) is 4.98 Å². The van der Waals surface area contributed by atoms with E-state index in [1.807, 2.05) is 24.7 Å². The summed E-state index contributed by atoms with van der Waals surface area (Å²) in [5, 5.41) is 3.41. The van der Waals surface area contributed by atoms with E-state index in [4.69, 9.17) is 4.74 Å². The average molecular weight is 352 g/mol. The lowest BCUT2D eigenvalue weighted by Crippen LogP contribution is -2.14. The fraction of sp³-hybridized carbons (Fsp3) is 0.438. The van der Waals surface area contributed by atoms with Crippen LogP contribution in [-0.4, -0.2) is 16.1 Å². The van der Waals surface area contributed by atoms with E-state index >= 15 is 0 Å². The van der Waals surface area contributed by atoms with E-state index < -0.39 is 0 Å². The standard InChI is InChI=1S/C16H22BrN3O/c1-3-7-18-9-13-8-15(5-6-16(13)17)21-11-14-10-19-12-20(14)4-2/h5-6,8,10,12,18H,3-4,7,9,11H2,1-2H3. The number of nitrogens with one attached hydrogen (secondary N) is 1. The predicted octanol–water partition coefficient (Wildman–Crippen LogP) is 3.74. The lowest BCUT2D eigenvalue weighted by atomic mass is 10.2. The van der Waals surface area contributed by atoms with Gasteiger partial charge in [0, 0.05) is 17.6 Å². The van der Waals surface area contributed by atoms with Crippen LogP contribution < -0.4 is 10.1 Å². The summed E-state index contributed by atoms with van der Waals surface area (Å²) in [6.07, 6.45) is 4.82. The summed E-state index contributed by atoms with van der Waals surface area (Å²) >= 11 is 3.59. The molecule has 0 unspecified atom stereocenters. The highest BCUT2D eigenvalue weighted by Crippen LogP contribution is 2.23. The van der Waals surface area contributed by atoms with Gasteiger partial charge in [-0.15, -0.1) is 0 Å². The molecule has 0 spiro atoms. The number of benzene rings is 1. The zero-order chi connectivity index (χ0) is 15.1. The summed E-state index contributed by atoms with van der Waals surface area (Å²) in [6, 6.07) is 6.11. The molecule has 1 N–H and O–H groups in total. The fourth-order valence-corrected chi connectivity index (χ4v) is 2.47. The molecule has 5 heteroatoms. The topological polar surface area (TPSA) is 39.1 Å². The van der Waals surface area contributed by atoms with Gasteiger partial charge in [-0.2, -0.15) is 0 Å². The van der Waals surface area contributed by atoms with Crippen molar-refractivity contribution in [3.8, 4) is 5.75 Å². The Labute approximate surface area is 134 Å². The number of nitrogens with zero attached hydrogens (tertiary/aromatic N) is 2. The molecule has 0 aliphatic rings. The van der Waals surface area contributed by atoms with Crippen molar-refractivity contribution in [2.75, 3.05) is 6.54 Å². The summed E-state index contributed by atoms with van der Waals surface area (Å²) in [4.78, 5) is 4.15. The van der Waals surface area contributed by atoms with Crippen molar-refractivity contribution in [2.24, 2.45) is 0 Å². The molecular weight excluding hydrogens is 330 g/mol. The third-order valence-electron chi connectivity index (χ3n) is 3.29.